The first kappa shape index (κ1) is 14.7. The summed E-state index contributed by atoms with van der Waals surface area (Å²) in [5.74, 6) is 0.415. The number of methoxy groups -OCH3 is 1. The van der Waals surface area contributed by atoms with Gasteiger partial charge in [-0.3, -0.25) is 0 Å². The molecule has 1 heterocycles. The quantitative estimate of drug-likeness (QED) is 0.844. The molecule has 5 heteroatoms. The van der Waals surface area contributed by atoms with Crippen LogP contribution in [0.1, 0.15) is 34.8 Å². The Morgan fingerprint density at radius 2 is 2.10 bits per heavy atom. The van der Waals surface area contributed by atoms with Crippen LogP contribution in [-0.4, -0.2) is 13.1 Å². The van der Waals surface area contributed by atoms with Gasteiger partial charge in [-0.15, -0.1) is 0 Å². The van der Waals surface area contributed by atoms with E-state index >= 15 is 0 Å². The number of nitrogens with one attached hydrogen (secondary N) is 1. The fourth-order valence-electron chi connectivity index (χ4n) is 1.86. The summed E-state index contributed by atoms with van der Waals surface area (Å²) in [6.45, 7) is 4.00. The van der Waals surface area contributed by atoms with Crippen molar-refractivity contribution in [2.24, 2.45) is 0 Å². The number of esters is 1. The van der Waals surface area contributed by atoms with Crippen molar-refractivity contribution < 1.29 is 13.9 Å². The van der Waals surface area contributed by atoms with E-state index < -0.39 is 5.97 Å². The van der Waals surface area contributed by atoms with Gasteiger partial charge in [0.2, 0.25) is 5.76 Å². The number of hydrogen-bond donors (Lipinski definition) is 1. The molecule has 0 saturated heterocycles. The standard InChI is InChI=1S/C15H16BrNO3/c1-9-5-4-6-11(14(9)16)17-10(2)12-7-8-13(20-12)15(18)19-3/h4-8,10,17H,1-3H3. The van der Waals surface area contributed by atoms with Crippen molar-refractivity contribution in [1.82, 2.24) is 0 Å². The van der Waals surface area contributed by atoms with Gasteiger partial charge in [-0.1, -0.05) is 12.1 Å². The lowest BCUT2D eigenvalue weighted by Crippen LogP contribution is -2.06. The first-order valence-electron chi connectivity index (χ1n) is 6.22. The lowest BCUT2D eigenvalue weighted by Gasteiger charge is -2.15. The first-order valence-corrected chi connectivity index (χ1v) is 7.02. The summed E-state index contributed by atoms with van der Waals surface area (Å²) in [6.07, 6.45) is 0. The Balaban J connectivity index is 2.16. The summed E-state index contributed by atoms with van der Waals surface area (Å²) in [5, 5.41) is 3.34. The Morgan fingerprint density at radius 3 is 2.80 bits per heavy atom. The molecular weight excluding hydrogens is 322 g/mol. The minimum absolute atomic E-state index is 0.0634. The predicted octanol–water partition coefficient (Wildman–Crippen LogP) is 4.31. The van der Waals surface area contributed by atoms with Crippen molar-refractivity contribution in [1.29, 1.82) is 0 Å². The lowest BCUT2D eigenvalue weighted by atomic mass is 10.2. The second-order valence-corrected chi connectivity index (χ2v) is 5.29. The molecule has 1 unspecified atom stereocenters. The van der Waals surface area contributed by atoms with E-state index in [1.807, 2.05) is 32.0 Å². The average Bonchev–Trinajstić information content (AvgIpc) is 2.93. The number of carbonyl (C=O) groups excluding carboxylic acids is 1. The third-order valence-corrected chi connectivity index (χ3v) is 4.06. The van der Waals surface area contributed by atoms with Gasteiger partial charge in [0.25, 0.3) is 0 Å². The zero-order chi connectivity index (χ0) is 14.7. The highest BCUT2D eigenvalue weighted by Gasteiger charge is 2.16. The summed E-state index contributed by atoms with van der Waals surface area (Å²) in [7, 11) is 1.33. The molecule has 0 radical (unpaired) electrons. The number of halogens is 1. The zero-order valence-electron chi connectivity index (χ0n) is 11.6. The molecule has 0 spiro atoms. The van der Waals surface area contributed by atoms with Crippen LogP contribution in [0.3, 0.4) is 0 Å². The van der Waals surface area contributed by atoms with Gasteiger partial charge in [0.05, 0.1) is 13.2 Å². The minimum Gasteiger partial charge on any atom is -0.463 e. The van der Waals surface area contributed by atoms with E-state index in [1.165, 1.54) is 7.11 Å². The summed E-state index contributed by atoms with van der Waals surface area (Å²) >= 11 is 3.55. The molecule has 0 aliphatic rings. The number of ether oxygens (including phenoxy) is 1. The van der Waals surface area contributed by atoms with Gasteiger partial charge in [0.1, 0.15) is 5.76 Å². The van der Waals surface area contributed by atoms with E-state index in [1.54, 1.807) is 12.1 Å². The molecule has 1 aromatic carbocycles. The molecule has 0 aliphatic carbocycles. The molecule has 1 aromatic heterocycles. The molecule has 2 rings (SSSR count). The van der Waals surface area contributed by atoms with Crippen LogP contribution in [0.2, 0.25) is 0 Å². The summed E-state index contributed by atoms with van der Waals surface area (Å²) in [6, 6.07) is 9.32. The third kappa shape index (κ3) is 3.04. The Morgan fingerprint density at radius 1 is 1.35 bits per heavy atom. The highest BCUT2D eigenvalue weighted by molar-refractivity contribution is 9.10. The fraction of sp³-hybridized carbons (Fsp3) is 0.267. The van der Waals surface area contributed by atoms with Crippen molar-refractivity contribution in [3.8, 4) is 0 Å². The lowest BCUT2D eigenvalue weighted by molar-refractivity contribution is 0.0562. The minimum atomic E-state index is -0.472. The van der Waals surface area contributed by atoms with Crippen LogP contribution in [-0.2, 0) is 4.74 Å². The highest BCUT2D eigenvalue weighted by Crippen LogP contribution is 2.29. The summed E-state index contributed by atoms with van der Waals surface area (Å²) in [5.41, 5.74) is 2.13. The summed E-state index contributed by atoms with van der Waals surface area (Å²) < 4.78 is 11.1. The fourth-order valence-corrected chi connectivity index (χ4v) is 2.24. The number of anilines is 1. The number of aryl methyl sites for hydroxylation is 1. The third-order valence-electron chi connectivity index (χ3n) is 3.00. The predicted molar refractivity (Wildman–Crippen MR) is 81.0 cm³/mol. The van der Waals surface area contributed by atoms with Crippen LogP contribution in [0.15, 0.2) is 39.2 Å². The van der Waals surface area contributed by atoms with E-state index in [9.17, 15) is 4.79 Å². The van der Waals surface area contributed by atoms with E-state index in [-0.39, 0.29) is 11.8 Å². The molecule has 106 valence electrons. The molecule has 0 bridgehead atoms. The molecule has 0 fully saturated rings. The molecule has 4 nitrogen and oxygen atoms in total. The van der Waals surface area contributed by atoms with Gasteiger partial charge in [0.15, 0.2) is 0 Å². The second-order valence-electron chi connectivity index (χ2n) is 4.50. The molecular formula is C15H16BrNO3. The number of carbonyl (C=O) groups is 1. The SMILES string of the molecule is COC(=O)c1ccc(C(C)Nc2cccc(C)c2Br)o1. The average molecular weight is 338 g/mol. The van der Waals surface area contributed by atoms with Gasteiger partial charge < -0.3 is 14.5 Å². The molecule has 1 N–H and O–H groups in total. The van der Waals surface area contributed by atoms with Crippen molar-refractivity contribution in [2.75, 3.05) is 12.4 Å². The van der Waals surface area contributed by atoms with E-state index in [2.05, 4.69) is 26.0 Å². The molecule has 0 aliphatic heterocycles. The van der Waals surface area contributed by atoms with Crippen LogP contribution in [0.4, 0.5) is 5.69 Å². The highest BCUT2D eigenvalue weighted by atomic mass is 79.9. The number of furan rings is 1. The Hall–Kier alpha value is -1.75. The van der Waals surface area contributed by atoms with E-state index in [0.717, 1.165) is 15.7 Å². The molecule has 0 amide bonds. The molecule has 2 aromatic rings. The topological polar surface area (TPSA) is 51.5 Å². The number of rotatable bonds is 4. The maximum atomic E-state index is 11.4. The van der Waals surface area contributed by atoms with Gasteiger partial charge in [0, 0.05) is 10.2 Å². The number of hydrogen-bond acceptors (Lipinski definition) is 4. The normalized spacial score (nSPS) is 12.0. The van der Waals surface area contributed by atoms with Crippen molar-refractivity contribution in [3.63, 3.8) is 0 Å². The van der Waals surface area contributed by atoms with Crippen LogP contribution < -0.4 is 5.32 Å². The molecule has 20 heavy (non-hydrogen) atoms. The van der Waals surface area contributed by atoms with Gasteiger partial charge in [-0.2, -0.15) is 0 Å². The van der Waals surface area contributed by atoms with Crippen LogP contribution in [0.25, 0.3) is 0 Å². The second kappa shape index (κ2) is 6.13. The van der Waals surface area contributed by atoms with Gasteiger partial charge >= 0.3 is 5.97 Å². The Labute approximate surface area is 126 Å². The molecule has 1 atom stereocenters. The van der Waals surface area contributed by atoms with Crippen LogP contribution in [0, 0.1) is 6.92 Å². The van der Waals surface area contributed by atoms with Crippen LogP contribution >= 0.6 is 15.9 Å². The summed E-state index contributed by atoms with van der Waals surface area (Å²) in [4.78, 5) is 11.4. The monoisotopic (exact) mass is 337 g/mol. The first-order chi connectivity index (χ1) is 9.52. The van der Waals surface area contributed by atoms with Crippen LogP contribution in [0.5, 0.6) is 0 Å². The van der Waals surface area contributed by atoms with E-state index in [0.29, 0.717) is 5.76 Å². The van der Waals surface area contributed by atoms with Crippen molar-refractivity contribution in [2.45, 2.75) is 19.9 Å². The van der Waals surface area contributed by atoms with Crippen molar-refractivity contribution in [3.05, 3.63) is 51.9 Å². The maximum Gasteiger partial charge on any atom is 0.373 e. The van der Waals surface area contributed by atoms with Gasteiger partial charge in [-0.05, 0) is 53.5 Å². The Kier molecular flexibility index (Phi) is 4.49. The Bertz CT molecular complexity index is 621. The smallest absolute Gasteiger partial charge is 0.373 e. The molecule has 0 saturated carbocycles. The number of benzene rings is 1. The largest absolute Gasteiger partial charge is 0.463 e. The zero-order valence-corrected chi connectivity index (χ0v) is 13.2. The van der Waals surface area contributed by atoms with Crippen molar-refractivity contribution >= 4 is 27.6 Å². The van der Waals surface area contributed by atoms with E-state index in [4.69, 9.17) is 4.42 Å². The van der Waals surface area contributed by atoms with Gasteiger partial charge in [-0.25, -0.2) is 4.79 Å². The maximum absolute atomic E-state index is 11.4.